The average Bonchev–Trinajstić information content (AvgIpc) is 2.99. The highest BCUT2D eigenvalue weighted by atomic mass is 16.5. The summed E-state index contributed by atoms with van der Waals surface area (Å²) in [7, 11) is 0. The molecule has 0 amide bonds. The van der Waals surface area contributed by atoms with Crippen molar-refractivity contribution in [2.24, 2.45) is 5.92 Å². The Morgan fingerprint density at radius 3 is 2.56 bits per heavy atom. The molecule has 2 rings (SSSR count). The summed E-state index contributed by atoms with van der Waals surface area (Å²) >= 11 is 0. The third kappa shape index (κ3) is 3.72. The van der Waals surface area contributed by atoms with Crippen LogP contribution in [0.1, 0.15) is 33.1 Å². The largest absolute Gasteiger partial charge is 0.371 e. The standard InChI is InChI=1S/C13H26N2O/c1-3-6-15(9-12-4-5-12)7-8-16-13(2)10-14-11-13/h12,14H,3-11H2,1-2H3. The first-order valence-corrected chi connectivity index (χ1v) is 6.79. The topological polar surface area (TPSA) is 24.5 Å². The van der Waals surface area contributed by atoms with Gasteiger partial charge in [-0.3, -0.25) is 0 Å². The van der Waals surface area contributed by atoms with Crippen LogP contribution in [0.4, 0.5) is 0 Å². The molecule has 3 nitrogen and oxygen atoms in total. The molecular weight excluding hydrogens is 200 g/mol. The maximum Gasteiger partial charge on any atom is 0.0902 e. The summed E-state index contributed by atoms with van der Waals surface area (Å²) in [5, 5.41) is 3.27. The molecule has 0 unspecified atom stereocenters. The molecule has 1 aliphatic heterocycles. The number of nitrogens with zero attached hydrogens (tertiary/aromatic N) is 1. The van der Waals surface area contributed by atoms with Gasteiger partial charge in [-0.05, 0) is 38.6 Å². The summed E-state index contributed by atoms with van der Waals surface area (Å²) in [5.41, 5.74) is 0.122. The van der Waals surface area contributed by atoms with E-state index in [0.29, 0.717) is 0 Å². The summed E-state index contributed by atoms with van der Waals surface area (Å²) in [5.74, 6) is 0.993. The molecule has 0 aromatic rings. The van der Waals surface area contributed by atoms with E-state index in [9.17, 15) is 0 Å². The molecule has 0 aromatic heterocycles. The van der Waals surface area contributed by atoms with Crippen molar-refractivity contribution in [2.45, 2.75) is 38.7 Å². The van der Waals surface area contributed by atoms with E-state index in [1.54, 1.807) is 0 Å². The average molecular weight is 226 g/mol. The van der Waals surface area contributed by atoms with Gasteiger partial charge in [0, 0.05) is 26.2 Å². The molecule has 1 N–H and O–H groups in total. The van der Waals surface area contributed by atoms with E-state index in [4.69, 9.17) is 4.74 Å². The minimum Gasteiger partial charge on any atom is -0.371 e. The zero-order chi connectivity index (χ0) is 11.4. The Hall–Kier alpha value is -0.120. The van der Waals surface area contributed by atoms with Crippen molar-refractivity contribution >= 4 is 0 Å². The van der Waals surface area contributed by atoms with Crippen molar-refractivity contribution in [1.29, 1.82) is 0 Å². The zero-order valence-corrected chi connectivity index (χ0v) is 10.8. The molecule has 0 bridgehead atoms. The number of hydrogen-bond donors (Lipinski definition) is 1. The molecule has 0 aromatic carbocycles. The van der Waals surface area contributed by atoms with Gasteiger partial charge in [0.15, 0.2) is 0 Å². The van der Waals surface area contributed by atoms with Crippen molar-refractivity contribution in [3.05, 3.63) is 0 Å². The lowest BCUT2D eigenvalue weighted by Gasteiger charge is -2.39. The van der Waals surface area contributed by atoms with Crippen molar-refractivity contribution < 1.29 is 4.74 Å². The molecule has 1 saturated carbocycles. The van der Waals surface area contributed by atoms with Gasteiger partial charge in [0.05, 0.1) is 12.2 Å². The molecule has 1 aliphatic carbocycles. The molecule has 94 valence electrons. The highest BCUT2D eigenvalue weighted by Gasteiger charge is 2.32. The molecule has 0 radical (unpaired) electrons. The summed E-state index contributed by atoms with van der Waals surface area (Å²) in [6, 6.07) is 0. The number of ether oxygens (including phenoxy) is 1. The van der Waals surface area contributed by atoms with E-state index in [-0.39, 0.29) is 5.60 Å². The van der Waals surface area contributed by atoms with Gasteiger partial charge in [0.2, 0.25) is 0 Å². The lowest BCUT2D eigenvalue weighted by Crippen LogP contribution is -2.59. The molecule has 1 saturated heterocycles. The summed E-state index contributed by atoms with van der Waals surface area (Å²) in [4.78, 5) is 2.58. The third-order valence-corrected chi connectivity index (χ3v) is 3.61. The first kappa shape index (κ1) is 12.3. The predicted octanol–water partition coefficient (Wildman–Crippen LogP) is 1.49. The first-order valence-electron chi connectivity index (χ1n) is 6.79. The van der Waals surface area contributed by atoms with Crippen molar-refractivity contribution in [2.75, 3.05) is 39.3 Å². The maximum absolute atomic E-state index is 5.94. The molecule has 2 fully saturated rings. The summed E-state index contributed by atoms with van der Waals surface area (Å²) < 4.78 is 5.94. The normalized spacial score (nSPS) is 23.4. The maximum atomic E-state index is 5.94. The number of hydrogen-bond acceptors (Lipinski definition) is 3. The van der Waals surface area contributed by atoms with Crippen LogP contribution in [0.5, 0.6) is 0 Å². The highest BCUT2D eigenvalue weighted by Crippen LogP contribution is 2.29. The van der Waals surface area contributed by atoms with Crippen molar-refractivity contribution in [3.8, 4) is 0 Å². The third-order valence-electron chi connectivity index (χ3n) is 3.61. The second kappa shape index (κ2) is 5.48. The van der Waals surface area contributed by atoms with E-state index >= 15 is 0 Å². The Bertz CT molecular complexity index is 212. The second-order valence-corrected chi connectivity index (χ2v) is 5.65. The van der Waals surface area contributed by atoms with Crippen LogP contribution in [0.25, 0.3) is 0 Å². The second-order valence-electron chi connectivity index (χ2n) is 5.65. The van der Waals surface area contributed by atoms with Gasteiger partial charge in [-0.15, -0.1) is 0 Å². The van der Waals surface area contributed by atoms with E-state index in [1.807, 2.05) is 0 Å². The van der Waals surface area contributed by atoms with Crippen LogP contribution in [0.3, 0.4) is 0 Å². The molecule has 0 spiro atoms. The molecule has 1 heterocycles. The molecule has 16 heavy (non-hydrogen) atoms. The highest BCUT2D eigenvalue weighted by molar-refractivity contribution is 4.90. The lowest BCUT2D eigenvalue weighted by molar-refractivity contribution is -0.0723. The summed E-state index contributed by atoms with van der Waals surface area (Å²) in [6.45, 7) is 11.0. The minimum absolute atomic E-state index is 0.122. The fourth-order valence-corrected chi connectivity index (χ4v) is 2.28. The first-order chi connectivity index (χ1) is 7.72. The predicted molar refractivity (Wildman–Crippen MR) is 66.7 cm³/mol. The Balaban J connectivity index is 1.60. The molecule has 3 heteroatoms. The van der Waals surface area contributed by atoms with Gasteiger partial charge in [0.25, 0.3) is 0 Å². The minimum atomic E-state index is 0.122. The van der Waals surface area contributed by atoms with Gasteiger partial charge < -0.3 is 15.0 Å². The van der Waals surface area contributed by atoms with Crippen LogP contribution < -0.4 is 5.32 Å². The number of rotatable bonds is 8. The fraction of sp³-hybridized carbons (Fsp3) is 1.00. The van der Waals surface area contributed by atoms with Gasteiger partial charge >= 0.3 is 0 Å². The monoisotopic (exact) mass is 226 g/mol. The van der Waals surface area contributed by atoms with Crippen molar-refractivity contribution in [1.82, 2.24) is 10.2 Å². The Kier molecular flexibility index (Phi) is 4.22. The zero-order valence-electron chi connectivity index (χ0n) is 10.8. The molecule has 2 aliphatic rings. The quantitative estimate of drug-likeness (QED) is 0.678. The Labute approximate surface area is 99.5 Å². The summed E-state index contributed by atoms with van der Waals surface area (Å²) in [6.07, 6.45) is 4.15. The number of nitrogens with one attached hydrogen (secondary N) is 1. The van der Waals surface area contributed by atoms with Gasteiger partial charge in [-0.25, -0.2) is 0 Å². The molecule has 0 atom stereocenters. The van der Waals surface area contributed by atoms with Crippen LogP contribution in [0.2, 0.25) is 0 Å². The molecular formula is C13H26N2O. The lowest BCUT2D eigenvalue weighted by atomic mass is 10.0. The SMILES string of the molecule is CCCN(CCOC1(C)CNC1)CC1CC1. The van der Waals surface area contributed by atoms with Crippen LogP contribution in [-0.4, -0.2) is 49.8 Å². The van der Waals surface area contributed by atoms with E-state index in [2.05, 4.69) is 24.1 Å². The van der Waals surface area contributed by atoms with E-state index in [1.165, 1.54) is 32.4 Å². The Morgan fingerprint density at radius 2 is 2.06 bits per heavy atom. The fourth-order valence-electron chi connectivity index (χ4n) is 2.28. The van der Waals surface area contributed by atoms with Crippen LogP contribution in [0, 0.1) is 5.92 Å². The van der Waals surface area contributed by atoms with Crippen LogP contribution >= 0.6 is 0 Å². The van der Waals surface area contributed by atoms with E-state index < -0.39 is 0 Å². The van der Waals surface area contributed by atoms with E-state index in [0.717, 1.165) is 32.2 Å². The van der Waals surface area contributed by atoms with Gasteiger partial charge in [-0.2, -0.15) is 0 Å². The van der Waals surface area contributed by atoms with Crippen LogP contribution in [-0.2, 0) is 4.74 Å². The van der Waals surface area contributed by atoms with Gasteiger partial charge in [-0.1, -0.05) is 6.92 Å². The van der Waals surface area contributed by atoms with Gasteiger partial charge in [0.1, 0.15) is 0 Å². The smallest absolute Gasteiger partial charge is 0.0902 e. The van der Waals surface area contributed by atoms with Crippen LogP contribution in [0.15, 0.2) is 0 Å². The van der Waals surface area contributed by atoms with Crippen molar-refractivity contribution in [3.63, 3.8) is 0 Å². The Morgan fingerprint density at radius 1 is 1.31 bits per heavy atom.